The fourth-order valence-electron chi connectivity index (χ4n) is 1.61. The Hall–Kier alpha value is -1.78. The van der Waals surface area contributed by atoms with Gasteiger partial charge in [-0.2, -0.15) is 4.98 Å². The molecule has 2 aromatic heterocycles. The molecule has 0 saturated heterocycles. The molecule has 0 bridgehead atoms. The van der Waals surface area contributed by atoms with Gasteiger partial charge in [-0.25, -0.2) is 17.9 Å². The third-order valence-electron chi connectivity index (χ3n) is 2.56. The zero-order valence-electron chi connectivity index (χ0n) is 11.3. The molecule has 0 atom stereocenters. The molecule has 114 valence electrons. The van der Waals surface area contributed by atoms with Crippen LogP contribution in [0.1, 0.15) is 27.0 Å². The predicted molar refractivity (Wildman–Crippen MR) is 73.9 cm³/mol. The number of nitrogens with zero attached hydrogens (tertiary/aromatic N) is 2. The Balaban J connectivity index is 2.04. The maximum atomic E-state index is 12.1. The first kappa shape index (κ1) is 15.6. The first-order valence-corrected chi connectivity index (χ1v) is 8.22. The fourth-order valence-corrected chi connectivity index (χ4v) is 4.06. The van der Waals surface area contributed by atoms with Crippen LogP contribution in [-0.2, 0) is 16.4 Å². The number of nitrogens with one attached hydrogen (secondary N) is 1. The molecule has 0 fully saturated rings. The molecular formula is C11H13N3O5S2. The smallest absolute Gasteiger partial charge is 0.346 e. The molecule has 0 unspecified atom stereocenters. The summed E-state index contributed by atoms with van der Waals surface area (Å²) in [6, 6.07) is 1.34. The lowest BCUT2D eigenvalue weighted by Gasteiger charge is -2.02. The van der Waals surface area contributed by atoms with Crippen molar-refractivity contribution in [2.24, 2.45) is 0 Å². The number of hydrogen-bond acceptors (Lipinski definition) is 7. The van der Waals surface area contributed by atoms with E-state index in [4.69, 9.17) is 9.63 Å². The van der Waals surface area contributed by atoms with E-state index in [1.807, 2.05) is 0 Å². The zero-order chi connectivity index (χ0) is 15.6. The molecule has 8 nitrogen and oxygen atoms in total. The van der Waals surface area contributed by atoms with Gasteiger partial charge in [0, 0.05) is 19.9 Å². The Morgan fingerprint density at radius 2 is 2.19 bits per heavy atom. The van der Waals surface area contributed by atoms with E-state index >= 15 is 0 Å². The van der Waals surface area contributed by atoms with E-state index < -0.39 is 16.0 Å². The molecule has 0 aliphatic heterocycles. The molecule has 2 aromatic rings. The van der Waals surface area contributed by atoms with Gasteiger partial charge in [-0.15, -0.1) is 11.3 Å². The normalized spacial score (nSPS) is 11.7. The molecular weight excluding hydrogens is 318 g/mol. The number of carboxylic acids is 1. The molecule has 21 heavy (non-hydrogen) atoms. The lowest BCUT2D eigenvalue weighted by atomic mass is 10.3. The summed E-state index contributed by atoms with van der Waals surface area (Å²) in [7, 11) is -3.74. The summed E-state index contributed by atoms with van der Waals surface area (Å²) >= 11 is 0.725. The monoisotopic (exact) mass is 331 g/mol. The molecule has 0 aliphatic rings. The van der Waals surface area contributed by atoms with Crippen LogP contribution < -0.4 is 4.72 Å². The highest BCUT2D eigenvalue weighted by atomic mass is 32.2. The summed E-state index contributed by atoms with van der Waals surface area (Å²) in [5.74, 6) is -0.321. The van der Waals surface area contributed by atoms with Gasteiger partial charge in [-0.3, -0.25) is 0 Å². The second kappa shape index (κ2) is 5.92. The van der Waals surface area contributed by atoms with Gasteiger partial charge in [0.15, 0.2) is 5.82 Å². The second-order valence-corrected chi connectivity index (χ2v) is 7.31. The highest BCUT2D eigenvalue weighted by Crippen LogP contribution is 2.25. The van der Waals surface area contributed by atoms with Crippen LogP contribution in [0.4, 0.5) is 0 Å². The lowest BCUT2D eigenvalue weighted by Crippen LogP contribution is -2.25. The summed E-state index contributed by atoms with van der Waals surface area (Å²) in [6.07, 6.45) is 0.284. The number of hydrogen-bond donors (Lipinski definition) is 2. The Morgan fingerprint density at radius 3 is 2.71 bits per heavy atom. The topological polar surface area (TPSA) is 122 Å². The van der Waals surface area contributed by atoms with Crippen molar-refractivity contribution in [3.8, 4) is 0 Å². The highest BCUT2D eigenvalue weighted by molar-refractivity contribution is 7.91. The summed E-state index contributed by atoms with van der Waals surface area (Å²) < 4.78 is 31.2. The van der Waals surface area contributed by atoms with Crippen LogP contribution >= 0.6 is 11.3 Å². The van der Waals surface area contributed by atoms with E-state index in [-0.39, 0.29) is 22.1 Å². The van der Waals surface area contributed by atoms with Crippen LogP contribution in [0.25, 0.3) is 0 Å². The van der Waals surface area contributed by atoms with Crippen molar-refractivity contribution in [2.75, 3.05) is 6.54 Å². The van der Waals surface area contributed by atoms with Gasteiger partial charge in [0.1, 0.15) is 9.09 Å². The number of carboxylic acid groups (broad SMARTS) is 1. The van der Waals surface area contributed by atoms with Crippen molar-refractivity contribution >= 4 is 27.3 Å². The van der Waals surface area contributed by atoms with Gasteiger partial charge in [-0.05, 0) is 18.6 Å². The average molecular weight is 331 g/mol. The van der Waals surface area contributed by atoms with E-state index in [1.54, 1.807) is 13.8 Å². The molecule has 0 amide bonds. The SMILES string of the molecule is Cc1nc(CCNS(=O)(=O)c2cc(C)c(C(=O)O)s2)no1. The largest absolute Gasteiger partial charge is 0.477 e. The van der Waals surface area contributed by atoms with Gasteiger partial charge in [-0.1, -0.05) is 5.16 Å². The van der Waals surface area contributed by atoms with Gasteiger partial charge in [0.2, 0.25) is 15.9 Å². The average Bonchev–Trinajstić information content (AvgIpc) is 2.96. The van der Waals surface area contributed by atoms with Gasteiger partial charge < -0.3 is 9.63 Å². The lowest BCUT2D eigenvalue weighted by molar-refractivity contribution is 0.0701. The molecule has 0 radical (unpaired) electrons. The molecule has 0 saturated carbocycles. The number of rotatable bonds is 6. The van der Waals surface area contributed by atoms with Gasteiger partial charge in [0.25, 0.3) is 0 Å². The molecule has 0 spiro atoms. The Bertz CT molecular complexity index is 763. The third kappa shape index (κ3) is 3.65. The van der Waals surface area contributed by atoms with Crippen LogP contribution in [0, 0.1) is 13.8 Å². The summed E-state index contributed by atoms with van der Waals surface area (Å²) in [4.78, 5) is 14.9. The van der Waals surface area contributed by atoms with E-state index in [0.29, 0.717) is 17.3 Å². The first-order chi connectivity index (χ1) is 9.79. The number of aromatic carboxylic acids is 1. The minimum Gasteiger partial charge on any atom is -0.477 e. The first-order valence-electron chi connectivity index (χ1n) is 5.92. The number of sulfonamides is 1. The third-order valence-corrected chi connectivity index (χ3v) is 5.72. The van der Waals surface area contributed by atoms with Crippen LogP contribution in [0.5, 0.6) is 0 Å². The maximum absolute atomic E-state index is 12.1. The Kier molecular flexibility index (Phi) is 4.40. The molecule has 2 heterocycles. The predicted octanol–water partition coefficient (Wildman–Crippen LogP) is 0.967. The maximum Gasteiger partial charge on any atom is 0.346 e. The molecule has 2 rings (SSSR count). The number of aryl methyl sites for hydroxylation is 2. The molecule has 0 aromatic carbocycles. The van der Waals surface area contributed by atoms with Crippen molar-refractivity contribution in [1.29, 1.82) is 0 Å². The van der Waals surface area contributed by atoms with Crippen molar-refractivity contribution in [3.05, 3.63) is 28.2 Å². The second-order valence-electron chi connectivity index (χ2n) is 4.26. The van der Waals surface area contributed by atoms with Crippen LogP contribution in [-0.4, -0.2) is 36.2 Å². The van der Waals surface area contributed by atoms with Crippen LogP contribution in [0.3, 0.4) is 0 Å². The Labute approximate surface area is 124 Å². The zero-order valence-corrected chi connectivity index (χ0v) is 12.9. The van der Waals surface area contributed by atoms with E-state index in [1.165, 1.54) is 6.07 Å². The standard InChI is InChI=1S/C11H13N3O5S2/c1-6-5-9(20-10(6)11(15)16)21(17,18)12-4-3-8-13-7(2)19-14-8/h5,12H,3-4H2,1-2H3,(H,15,16). The van der Waals surface area contributed by atoms with Crippen molar-refractivity contribution < 1.29 is 22.8 Å². The quantitative estimate of drug-likeness (QED) is 0.808. The number of aromatic nitrogens is 2. The van der Waals surface area contributed by atoms with Crippen molar-refractivity contribution in [1.82, 2.24) is 14.9 Å². The summed E-state index contributed by atoms with van der Waals surface area (Å²) in [5, 5.41) is 12.6. The molecule has 10 heteroatoms. The van der Waals surface area contributed by atoms with Gasteiger partial charge >= 0.3 is 5.97 Å². The van der Waals surface area contributed by atoms with Crippen LogP contribution in [0.2, 0.25) is 0 Å². The van der Waals surface area contributed by atoms with Crippen LogP contribution in [0.15, 0.2) is 14.8 Å². The fraction of sp³-hybridized carbons (Fsp3) is 0.364. The minimum absolute atomic E-state index is 0.0177. The number of carbonyl (C=O) groups is 1. The van der Waals surface area contributed by atoms with Gasteiger partial charge in [0.05, 0.1) is 0 Å². The van der Waals surface area contributed by atoms with Crippen molar-refractivity contribution in [3.63, 3.8) is 0 Å². The number of thiophene rings is 1. The van der Waals surface area contributed by atoms with E-state index in [2.05, 4.69) is 14.9 Å². The van der Waals surface area contributed by atoms with E-state index in [0.717, 1.165) is 11.3 Å². The summed E-state index contributed by atoms with van der Waals surface area (Å²) in [6.45, 7) is 3.30. The summed E-state index contributed by atoms with van der Waals surface area (Å²) in [5.41, 5.74) is 0.418. The molecule has 2 N–H and O–H groups in total. The highest BCUT2D eigenvalue weighted by Gasteiger charge is 2.21. The van der Waals surface area contributed by atoms with E-state index in [9.17, 15) is 13.2 Å². The minimum atomic E-state index is -3.74. The molecule has 0 aliphatic carbocycles. The van der Waals surface area contributed by atoms with Crippen molar-refractivity contribution in [2.45, 2.75) is 24.5 Å². The Morgan fingerprint density at radius 1 is 1.48 bits per heavy atom.